The predicted molar refractivity (Wildman–Crippen MR) is 142 cm³/mol. The molecule has 2 amide bonds. The van der Waals surface area contributed by atoms with E-state index < -0.39 is 17.6 Å². The fourth-order valence-electron chi connectivity index (χ4n) is 5.11. The Labute approximate surface area is 220 Å². The molecule has 2 heterocycles. The van der Waals surface area contributed by atoms with E-state index in [4.69, 9.17) is 16.2 Å². The Morgan fingerprint density at radius 2 is 1.87 bits per heavy atom. The first-order valence-electron chi connectivity index (χ1n) is 12.9. The molecule has 1 aliphatic carbocycles. The van der Waals surface area contributed by atoms with Gasteiger partial charge in [-0.2, -0.15) is 5.10 Å². The number of amides is 2. The molecule has 1 saturated heterocycles. The molecule has 38 heavy (non-hydrogen) atoms. The molecular formula is C28H33FN6O3. The maximum atomic E-state index is 13.6. The van der Waals surface area contributed by atoms with Gasteiger partial charge in [-0.15, -0.1) is 0 Å². The fraction of sp³-hybridized carbons (Fsp3) is 0.393. The smallest absolute Gasteiger partial charge is 0.255 e. The molecule has 1 aromatic heterocycles. The minimum absolute atomic E-state index is 0.120. The minimum Gasteiger partial charge on any atom is -0.496 e. The normalized spacial score (nSPS) is 17.5. The molecule has 2 fully saturated rings. The van der Waals surface area contributed by atoms with Crippen LogP contribution in [0.3, 0.4) is 0 Å². The molecule has 1 saturated carbocycles. The molecule has 0 bridgehead atoms. The highest BCUT2D eigenvalue weighted by Gasteiger charge is 2.30. The van der Waals surface area contributed by atoms with Crippen LogP contribution in [-0.2, 0) is 13.1 Å². The summed E-state index contributed by atoms with van der Waals surface area (Å²) >= 11 is 0. The lowest BCUT2D eigenvalue weighted by molar-refractivity contribution is 0.0946. The number of rotatable bonds is 10. The van der Waals surface area contributed by atoms with Gasteiger partial charge in [-0.3, -0.25) is 9.59 Å². The monoisotopic (exact) mass is 520 g/mol. The van der Waals surface area contributed by atoms with Crippen molar-refractivity contribution < 1.29 is 18.7 Å². The molecule has 1 aliphatic heterocycles. The molecule has 0 spiro atoms. The number of carbonyl (C=O) groups excluding carboxylic acids is 2. The molecule has 1 atom stereocenters. The topological polar surface area (TPSA) is 128 Å². The molecule has 5 N–H and O–H groups in total. The van der Waals surface area contributed by atoms with Gasteiger partial charge in [-0.25, -0.2) is 9.07 Å². The van der Waals surface area contributed by atoms with Crippen LogP contribution >= 0.6 is 0 Å². The first-order valence-corrected chi connectivity index (χ1v) is 12.9. The third-order valence-electron chi connectivity index (χ3n) is 7.34. The Bertz CT molecular complexity index is 1340. The number of hydrogen-bond donors (Lipinski definition) is 3. The zero-order valence-corrected chi connectivity index (χ0v) is 21.5. The SMILES string of the molecule is COc1ccc(F)cc1C(=O)NCc1ccc(-c2nn(C[C@@H]3CCN(CC4CC4)C3)c(N)c2C(N)=O)cc1. The second-order valence-corrected chi connectivity index (χ2v) is 10.2. The van der Waals surface area contributed by atoms with Crippen molar-refractivity contribution in [3.8, 4) is 17.0 Å². The van der Waals surface area contributed by atoms with Gasteiger partial charge in [0.25, 0.3) is 11.8 Å². The predicted octanol–water partition coefficient (Wildman–Crippen LogP) is 3.04. The molecule has 3 aromatic rings. The third-order valence-corrected chi connectivity index (χ3v) is 7.34. The van der Waals surface area contributed by atoms with Crippen molar-refractivity contribution in [1.29, 1.82) is 0 Å². The number of hydrogen-bond acceptors (Lipinski definition) is 6. The number of methoxy groups -OCH3 is 1. The third kappa shape index (κ3) is 5.65. The van der Waals surface area contributed by atoms with Crippen molar-refractivity contribution in [2.75, 3.05) is 32.5 Å². The molecule has 0 unspecified atom stereocenters. The van der Waals surface area contributed by atoms with Crippen LogP contribution < -0.4 is 21.5 Å². The second kappa shape index (κ2) is 10.8. The number of nitrogens with zero attached hydrogens (tertiary/aromatic N) is 3. The Hall–Kier alpha value is -3.92. The van der Waals surface area contributed by atoms with E-state index in [1.54, 1.807) is 4.68 Å². The van der Waals surface area contributed by atoms with E-state index in [1.807, 2.05) is 24.3 Å². The Kier molecular flexibility index (Phi) is 7.33. The second-order valence-electron chi connectivity index (χ2n) is 10.2. The lowest BCUT2D eigenvalue weighted by Crippen LogP contribution is -2.24. The van der Waals surface area contributed by atoms with Crippen LogP contribution in [0.2, 0.25) is 0 Å². The molecule has 5 rings (SSSR count). The van der Waals surface area contributed by atoms with Crippen LogP contribution in [0.4, 0.5) is 10.2 Å². The van der Waals surface area contributed by atoms with Crippen LogP contribution in [0.1, 0.15) is 45.5 Å². The number of nitrogen functional groups attached to an aromatic ring is 1. The minimum atomic E-state index is -0.620. The van der Waals surface area contributed by atoms with Crippen molar-refractivity contribution in [2.45, 2.75) is 32.4 Å². The molecule has 200 valence electrons. The molecule has 2 aliphatic rings. The lowest BCUT2D eigenvalue weighted by Gasteiger charge is -2.15. The largest absolute Gasteiger partial charge is 0.496 e. The molecule has 10 heteroatoms. The molecule has 9 nitrogen and oxygen atoms in total. The summed E-state index contributed by atoms with van der Waals surface area (Å²) in [6, 6.07) is 11.1. The van der Waals surface area contributed by atoms with Crippen molar-refractivity contribution in [1.82, 2.24) is 20.0 Å². The van der Waals surface area contributed by atoms with E-state index in [2.05, 4.69) is 15.3 Å². The number of benzene rings is 2. The zero-order chi connectivity index (χ0) is 26.8. The van der Waals surface area contributed by atoms with Gasteiger partial charge in [0, 0.05) is 31.7 Å². The molecule has 2 aromatic carbocycles. The van der Waals surface area contributed by atoms with Gasteiger partial charge >= 0.3 is 0 Å². The van der Waals surface area contributed by atoms with Crippen molar-refractivity contribution in [2.24, 2.45) is 17.6 Å². The summed E-state index contributed by atoms with van der Waals surface area (Å²) in [5, 5.41) is 7.46. The number of aromatic nitrogens is 2. The number of primary amides is 1. The number of nitrogens with one attached hydrogen (secondary N) is 1. The number of ether oxygens (including phenoxy) is 1. The summed E-state index contributed by atoms with van der Waals surface area (Å²) in [5.41, 5.74) is 14.3. The van der Waals surface area contributed by atoms with E-state index in [1.165, 1.54) is 38.6 Å². The molecule has 0 radical (unpaired) electrons. The number of nitrogens with two attached hydrogens (primary N) is 2. The lowest BCUT2D eigenvalue weighted by atomic mass is 10.0. The van der Waals surface area contributed by atoms with Crippen LogP contribution in [0.25, 0.3) is 11.3 Å². The molecular weight excluding hydrogens is 487 g/mol. The standard InChI is InChI=1S/C28H33FN6O3/c1-38-23-9-8-21(29)12-22(23)28(37)32-13-17-4-6-20(7-5-17)25-24(27(31)36)26(30)35(33-25)16-19-10-11-34(15-19)14-18-2-3-18/h4-9,12,18-19H,2-3,10-11,13-16,30H2,1H3,(H2,31,36)(H,32,37)/t19-/m1/s1. The van der Waals surface area contributed by atoms with Crippen molar-refractivity contribution >= 4 is 17.6 Å². The van der Waals surface area contributed by atoms with E-state index in [0.29, 0.717) is 29.5 Å². The van der Waals surface area contributed by atoms with Crippen molar-refractivity contribution in [3.05, 3.63) is 65.0 Å². The van der Waals surface area contributed by atoms with Gasteiger partial charge in [-0.1, -0.05) is 24.3 Å². The summed E-state index contributed by atoms with van der Waals surface area (Å²) in [5.74, 6) is 0.270. The first kappa shape index (κ1) is 25.7. The van der Waals surface area contributed by atoms with Gasteiger partial charge in [0.05, 0.1) is 12.7 Å². The Balaban J connectivity index is 1.27. The number of carbonyl (C=O) groups is 2. The van der Waals surface area contributed by atoms with E-state index >= 15 is 0 Å². The van der Waals surface area contributed by atoms with Crippen molar-refractivity contribution in [3.63, 3.8) is 0 Å². The average Bonchev–Trinajstić information content (AvgIpc) is 3.51. The first-order chi connectivity index (χ1) is 18.3. The highest BCUT2D eigenvalue weighted by atomic mass is 19.1. The summed E-state index contributed by atoms with van der Waals surface area (Å²) in [7, 11) is 1.43. The van der Waals surface area contributed by atoms with Crippen LogP contribution in [0.5, 0.6) is 5.75 Å². The Morgan fingerprint density at radius 1 is 1.11 bits per heavy atom. The highest BCUT2D eigenvalue weighted by Crippen LogP contribution is 2.33. The van der Waals surface area contributed by atoms with Gasteiger partial charge in [0.2, 0.25) is 0 Å². The summed E-state index contributed by atoms with van der Waals surface area (Å²) in [4.78, 5) is 27.4. The zero-order valence-electron chi connectivity index (χ0n) is 21.5. The average molecular weight is 521 g/mol. The fourth-order valence-corrected chi connectivity index (χ4v) is 5.11. The van der Waals surface area contributed by atoms with Gasteiger partial charge in [-0.05, 0) is 61.4 Å². The van der Waals surface area contributed by atoms with Crippen LogP contribution in [0.15, 0.2) is 42.5 Å². The summed E-state index contributed by atoms with van der Waals surface area (Å²) in [6.07, 6.45) is 3.76. The number of likely N-dealkylation sites (tertiary alicyclic amines) is 1. The van der Waals surface area contributed by atoms with E-state index in [9.17, 15) is 14.0 Å². The Morgan fingerprint density at radius 3 is 2.55 bits per heavy atom. The maximum absolute atomic E-state index is 13.6. The quantitative estimate of drug-likeness (QED) is 0.377. The summed E-state index contributed by atoms with van der Waals surface area (Å²) < 4.78 is 20.5. The van der Waals surface area contributed by atoms with Gasteiger partial charge in [0.15, 0.2) is 0 Å². The highest BCUT2D eigenvalue weighted by molar-refractivity contribution is 6.03. The number of halogens is 1. The van der Waals surface area contributed by atoms with Crippen LogP contribution in [-0.4, -0.2) is 53.2 Å². The van der Waals surface area contributed by atoms with Gasteiger partial charge < -0.3 is 26.4 Å². The van der Waals surface area contributed by atoms with E-state index in [-0.39, 0.29) is 23.5 Å². The van der Waals surface area contributed by atoms with Crippen LogP contribution in [0, 0.1) is 17.7 Å². The number of anilines is 1. The van der Waals surface area contributed by atoms with Gasteiger partial charge in [0.1, 0.15) is 28.6 Å². The maximum Gasteiger partial charge on any atom is 0.255 e. The van der Waals surface area contributed by atoms with E-state index in [0.717, 1.165) is 37.1 Å². The summed E-state index contributed by atoms with van der Waals surface area (Å²) in [6.45, 7) is 4.13.